The Labute approximate surface area is 154 Å². The number of rotatable bonds is 6. The van der Waals surface area contributed by atoms with E-state index in [9.17, 15) is 9.59 Å². The number of pyridine rings is 1. The fourth-order valence-corrected chi connectivity index (χ4v) is 2.84. The van der Waals surface area contributed by atoms with Crippen LogP contribution in [0.4, 0.5) is 4.79 Å². The van der Waals surface area contributed by atoms with Gasteiger partial charge in [0, 0.05) is 16.3 Å². The maximum atomic E-state index is 12.5. The second-order valence-corrected chi connectivity index (χ2v) is 9.17. The van der Waals surface area contributed by atoms with Crippen LogP contribution in [0.2, 0.25) is 0 Å². The van der Waals surface area contributed by atoms with Gasteiger partial charge in [-0.1, -0.05) is 13.8 Å². The first-order valence-electron chi connectivity index (χ1n) is 8.31. The summed E-state index contributed by atoms with van der Waals surface area (Å²) in [5, 5.41) is 5.85. The van der Waals surface area contributed by atoms with Gasteiger partial charge in [-0.15, -0.1) is 11.8 Å². The van der Waals surface area contributed by atoms with Crippen LogP contribution < -0.4 is 10.6 Å². The Hall–Kier alpha value is -1.76. The van der Waals surface area contributed by atoms with Gasteiger partial charge < -0.3 is 15.4 Å². The average molecular weight is 368 g/mol. The van der Waals surface area contributed by atoms with Crippen LogP contribution in [0, 0.1) is 0 Å². The molecule has 0 aliphatic carbocycles. The molecule has 0 radical (unpaired) electrons. The molecule has 1 rings (SSSR count). The first kappa shape index (κ1) is 21.3. The van der Waals surface area contributed by atoms with E-state index in [4.69, 9.17) is 4.74 Å². The zero-order valence-electron chi connectivity index (χ0n) is 16.1. The Morgan fingerprint density at radius 2 is 1.88 bits per heavy atom. The van der Waals surface area contributed by atoms with Gasteiger partial charge in [0.05, 0.1) is 12.2 Å². The summed E-state index contributed by atoms with van der Waals surface area (Å²) in [6, 6.07) is 3.87. The third-order valence-electron chi connectivity index (χ3n) is 3.01. The van der Waals surface area contributed by atoms with Crippen LogP contribution in [0.1, 0.15) is 54.2 Å². The van der Waals surface area contributed by atoms with Gasteiger partial charge >= 0.3 is 6.09 Å². The zero-order chi connectivity index (χ0) is 19.3. The molecule has 0 fully saturated rings. The normalized spacial score (nSPS) is 12.0. The Bertz CT molecular complexity index is 610. The number of ether oxygens (including phenoxy) is 1. The summed E-state index contributed by atoms with van der Waals surface area (Å²) in [5.41, 5.74) is -0.904. The molecule has 1 aromatic rings. The number of aromatic nitrogens is 1. The minimum absolute atomic E-state index is 0.300. The lowest BCUT2D eigenvalue weighted by Crippen LogP contribution is -2.55. The quantitative estimate of drug-likeness (QED) is 0.752. The Morgan fingerprint density at radius 3 is 2.44 bits per heavy atom. The smallest absolute Gasteiger partial charge is 0.408 e. The molecule has 0 unspecified atom stereocenters. The summed E-state index contributed by atoms with van der Waals surface area (Å²) < 4.78 is 5.20. The molecule has 0 spiro atoms. The molecule has 140 valence electrons. The second-order valence-electron chi connectivity index (χ2n) is 7.55. The molecule has 0 bridgehead atoms. The fourth-order valence-electron chi connectivity index (χ4n) is 1.92. The molecule has 0 atom stereocenters. The number of nitrogens with one attached hydrogen (secondary N) is 2. The highest BCUT2D eigenvalue weighted by Crippen LogP contribution is 2.25. The van der Waals surface area contributed by atoms with Crippen LogP contribution in [-0.2, 0) is 16.1 Å². The van der Waals surface area contributed by atoms with Crippen molar-refractivity contribution in [3.63, 3.8) is 0 Å². The van der Waals surface area contributed by atoms with Gasteiger partial charge in [0.25, 0.3) is 0 Å². The van der Waals surface area contributed by atoms with E-state index in [0.29, 0.717) is 11.8 Å². The number of nitrogens with zero attached hydrogens (tertiary/aromatic N) is 1. The van der Waals surface area contributed by atoms with Crippen molar-refractivity contribution in [2.75, 3.05) is 0 Å². The Balaban J connectivity index is 2.68. The van der Waals surface area contributed by atoms with Gasteiger partial charge in [-0.25, -0.2) is 4.79 Å². The molecule has 25 heavy (non-hydrogen) atoms. The first-order valence-corrected chi connectivity index (χ1v) is 9.18. The second kappa shape index (κ2) is 8.56. The van der Waals surface area contributed by atoms with Gasteiger partial charge in [0.1, 0.15) is 11.1 Å². The van der Waals surface area contributed by atoms with Crippen LogP contribution in [0.25, 0.3) is 0 Å². The molecule has 7 heteroatoms. The summed E-state index contributed by atoms with van der Waals surface area (Å²) in [7, 11) is 0. The minimum atomic E-state index is -1.09. The van der Waals surface area contributed by atoms with E-state index in [1.54, 1.807) is 52.6 Å². The highest BCUT2D eigenvalue weighted by Gasteiger charge is 2.31. The van der Waals surface area contributed by atoms with E-state index in [-0.39, 0.29) is 5.91 Å². The van der Waals surface area contributed by atoms with E-state index in [1.807, 2.05) is 12.1 Å². The molecule has 2 amide bonds. The van der Waals surface area contributed by atoms with Crippen LogP contribution in [0.15, 0.2) is 23.2 Å². The van der Waals surface area contributed by atoms with Gasteiger partial charge in [0.2, 0.25) is 5.91 Å². The first-order chi connectivity index (χ1) is 11.4. The molecule has 6 nitrogen and oxygen atoms in total. The van der Waals surface area contributed by atoms with Crippen LogP contribution in [-0.4, -0.2) is 33.4 Å². The fraction of sp³-hybridized carbons (Fsp3) is 0.611. The van der Waals surface area contributed by atoms with Crippen molar-refractivity contribution >= 4 is 23.8 Å². The number of carbonyl (C=O) groups is 2. The molecular formula is C18H29N3O3S. The van der Waals surface area contributed by atoms with Gasteiger partial charge in [0.15, 0.2) is 0 Å². The molecule has 2 N–H and O–H groups in total. The molecular weight excluding hydrogens is 338 g/mol. The zero-order valence-corrected chi connectivity index (χ0v) is 16.9. The molecule has 1 heterocycles. The topological polar surface area (TPSA) is 80.3 Å². The number of alkyl carbamates (subject to hydrolysis) is 1. The number of thioether (sulfide) groups is 1. The Morgan fingerprint density at radius 1 is 1.24 bits per heavy atom. The number of carbonyl (C=O) groups excluding carboxylic acids is 2. The van der Waals surface area contributed by atoms with Crippen molar-refractivity contribution < 1.29 is 14.3 Å². The largest absolute Gasteiger partial charge is 0.444 e. The van der Waals surface area contributed by atoms with Gasteiger partial charge in [-0.2, -0.15) is 0 Å². The van der Waals surface area contributed by atoms with E-state index in [2.05, 4.69) is 29.5 Å². The molecule has 1 aromatic heterocycles. The van der Waals surface area contributed by atoms with Gasteiger partial charge in [-0.3, -0.25) is 9.78 Å². The summed E-state index contributed by atoms with van der Waals surface area (Å²) in [6.45, 7) is 13.1. The van der Waals surface area contributed by atoms with Crippen molar-refractivity contribution in [3.05, 3.63) is 24.0 Å². The predicted octanol–water partition coefficient (Wildman–Crippen LogP) is 3.50. The molecule has 0 aliphatic heterocycles. The molecule has 0 saturated heterocycles. The van der Waals surface area contributed by atoms with Crippen molar-refractivity contribution in [1.82, 2.24) is 15.6 Å². The summed E-state index contributed by atoms with van der Waals surface area (Å²) in [4.78, 5) is 29.7. The monoisotopic (exact) mass is 367 g/mol. The van der Waals surface area contributed by atoms with Gasteiger partial charge in [-0.05, 0) is 46.8 Å². The number of hydrogen-bond donors (Lipinski definition) is 2. The Kier molecular flexibility index (Phi) is 7.29. The summed E-state index contributed by atoms with van der Waals surface area (Å²) >= 11 is 1.70. The summed E-state index contributed by atoms with van der Waals surface area (Å²) in [6.07, 6.45) is 1.08. The molecule has 0 aromatic carbocycles. The highest BCUT2D eigenvalue weighted by molar-refractivity contribution is 8.00. The number of amides is 2. The van der Waals surface area contributed by atoms with E-state index in [0.717, 1.165) is 10.6 Å². The maximum absolute atomic E-state index is 12.5. The van der Waals surface area contributed by atoms with Crippen LogP contribution in [0.3, 0.4) is 0 Å². The van der Waals surface area contributed by atoms with Crippen LogP contribution >= 0.6 is 11.8 Å². The lowest BCUT2D eigenvalue weighted by Gasteiger charge is -2.27. The van der Waals surface area contributed by atoms with Crippen molar-refractivity contribution in [1.29, 1.82) is 0 Å². The average Bonchev–Trinajstić information content (AvgIpc) is 2.42. The SMILES string of the molecule is CC(C)Sc1cccnc1CNC(=O)C(C)(C)NC(=O)OC(C)(C)C. The predicted molar refractivity (Wildman–Crippen MR) is 101 cm³/mol. The van der Waals surface area contributed by atoms with E-state index >= 15 is 0 Å². The highest BCUT2D eigenvalue weighted by atomic mass is 32.2. The van der Waals surface area contributed by atoms with E-state index < -0.39 is 17.2 Å². The van der Waals surface area contributed by atoms with Crippen molar-refractivity contribution in [2.24, 2.45) is 0 Å². The molecule has 0 aliphatic rings. The van der Waals surface area contributed by atoms with E-state index in [1.165, 1.54) is 0 Å². The molecule has 0 saturated carbocycles. The number of hydrogen-bond acceptors (Lipinski definition) is 5. The maximum Gasteiger partial charge on any atom is 0.408 e. The lowest BCUT2D eigenvalue weighted by atomic mass is 10.1. The minimum Gasteiger partial charge on any atom is -0.444 e. The third-order valence-corrected chi connectivity index (χ3v) is 4.11. The van der Waals surface area contributed by atoms with Crippen molar-refractivity contribution in [3.8, 4) is 0 Å². The lowest BCUT2D eigenvalue weighted by molar-refractivity contribution is -0.126. The standard InChI is InChI=1S/C18H29N3O3S/c1-12(2)25-14-9-8-10-19-13(14)11-20-15(22)18(6,7)21-16(23)24-17(3,4)5/h8-10,12H,11H2,1-7H3,(H,20,22)(H,21,23). The van der Waals surface area contributed by atoms with Crippen LogP contribution in [0.5, 0.6) is 0 Å². The summed E-state index contributed by atoms with van der Waals surface area (Å²) in [5.74, 6) is -0.301. The van der Waals surface area contributed by atoms with Crippen molar-refractivity contribution in [2.45, 2.75) is 76.3 Å². The third kappa shape index (κ3) is 7.77.